The van der Waals surface area contributed by atoms with Crippen LogP contribution in [-0.4, -0.2) is 12.3 Å². The summed E-state index contributed by atoms with van der Waals surface area (Å²) < 4.78 is 0. The molecule has 0 aliphatic carbocycles. The van der Waals surface area contributed by atoms with E-state index in [1.165, 1.54) is 0 Å². The molecular formula is C12H16N2O2. The van der Waals surface area contributed by atoms with Crippen LogP contribution in [0.4, 0.5) is 11.4 Å². The third kappa shape index (κ3) is 3.08. The molecule has 0 spiro atoms. The molecule has 0 bridgehead atoms. The van der Waals surface area contributed by atoms with E-state index in [0.717, 1.165) is 16.9 Å². The molecule has 1 aromatic carbocycles. The van der Waals surface area contributed by atoms with Gasteiger partial charge in [0.1, 0.15) is 0 Å². The van der Waals surface area contributed by atoms with Crippen molar-refractivity contribution in [2.75, 3.05) is 10.6 Å². The van der Waals surface area contributed by atoms with E-state index in [2.05, 4.69) is 10.6 Å². The molecule has 86 valence electrons. The molecule has 0 radical (unpaired) electrons. The average molecular weight is 220 g/mol. The van der Waals surface area contributed by atoms with Gasteiger partial charge >= 0.3 is 0 Å². The third-order valence-corrected chi connectivity index (χ3v) is 2.23. The van der Waals surface area contributed by atoms with Crippen molar-refractivity contribution in [2.45, 2.75) is 20.8 Å². The van der Waals surface area contributed by atoms with Crippen molar-refractivity contribution in [1.82, 2.24) is 0 Å². The zero-order valence-electron chi connectivity index (χ0n) is 9.70. The van der Waals surface area contributed by atoms with Gasteiger partial charge in [0.05, 0.1) is 0 Å². The number of rotatable bonds is 4. The van der Waals surface area contributed by atoms with Gasteiger partial charge in [0.2, 0.25) is 12.3 Å². The van der Waals surface area contributed by atoms with Gasteiger partial charge in [-0.05, 0) is 30.7 Å². The van der Waals surface area contributed by atoms with Crippen LogP contribution >= 0.6 is 0 Å². The zero-order valence-corrected chi connectivity index (χ0v) is 9.70. The summed E-state index contributed by atoms with van der Waals surface area (Å²) in [4.78, 5) is 21.7. The Balaban J connectivity index is 2.82. The van der Waals surface area contributed by atoms with Crippen LogP contribution in [0.5, 0.6) is 0 Å². The van der Waals surface area contributed by atoms with Crippen LogP contribution in [0.25, 0.3) is 0 Å². The fourth-order valence-electron chi connectivity index (χ4n) is 1.24. The van der Waals surface area contributed by atoms with Crippen molar-refractivity contribution >= 4 is 23.7 Å². The molecule has 0 aromatic heterocycles. The summed E-state index contributed by atoms with van der Waals surface area (Å²) in [6.45, 7) is 5.56. The van der Waals surface area contributed by atoms with Crippen molar-refractivity contribution in [3.05, 3.63) is 23.8 Å². The molecule has 2 N–H and O–H groups in total. The summed E-state index contributed by atoms with van der Waals surface area (Å²) in [6, 6.07) is 5.34. The van der Waals surface area contributed by atoms with E-state index in [-0.39, 0.29) is 11.8 Å². The number of aryl methyl sites for hydroxylation is 1. The maximum atomic E-state index is 11.5. The molecule has 1 aromatic rings. The molecule has 0 heterocycles. The number of carbonyl (C=O) groups excluding carboxylic acids is 2. The number of amides is 2. The van der Waals surface area contributed by atoms with Crippen molar-refractivity contribution in [1.29, 1.82) is 0 Å². The molecule has 4 nitrogen and oxygen atoms in total. The second-order valence-electron chi connectivity index (χ2n) is 3.94. The monoisotopic (exact) mass is 220 g/mol. The lowest BCUT2D eigenvalue weighted by Crippen LogP contribution is -2.18. The lowest BCUT2D eigenvalue weighted by atomic mass is 10.1. The zero-order chi connectivity index (χ0) is 12.1. The minimum Gasteiger partial charge on any atom is -0.329 e. The standard InChI is InChI=1S/C12H16N2O2/c1-8(2)12(16)14-11-5-4-10(13-7-15)6-9(11)3/h4-8H,1-3H3,(H,13,15)(H,14,16). The molecule has 0 saturated carbocycles. The van der Waals surface area contributed by atoms with Crippen LogP contribution in [0.2, 0.25) is 0 Å². The fourth-order valence-corrected chi connectivity index (χ4v) is 1.24. The van der Waals surface area contributed by atoms with Gasteiger partial charge in [-0.25, -0.2) is 0 Å². The van der Waals surface area contributed by atoms with Crippen LogP contribution in [-0.2, 0) is 9.59 Å². The number of carbonyl (C=O) groups is 2. The minimum atomic E-state index is -0.0489. The van der Waals surface area contributed by atoms with E-state index in [4.69, 9.17) is 0 Å². The van der Waals surface area contributed by atoms with Gasteiger partial charge in [-0.1, -0.05) is 13.8 Å². The van der Waals surface area contributed by atoms with Gasteiger partial charge in [-0.3, -0.25) is 9.59 Å². The van der Waals surface area contributed by atoms with Crippen molar-refractivity contribution in [3.8, 4) is 0 Å². The summed E-state index contributed by atoms with van der Waals surface area (Å²) >= 11 is 0. The van der Waals surface area contributed by atoms with E-state index >= 15 is 0 Å². The van der Waals surface area contributed by atoms with Crippen molar-refractivity contribution in [3.63, 3.8) is 0 Å². The normalized spacial score (nSPS) is 10.0. The SMILES string of the molecule is Cc1cc(NC=O)ccc1NC(=O)C(C)C. The van der Waals surface area contributed by atoms with Gasteiger partial charge in [-0.15, -0.1) is 0 Å². The summed E-state index contributed by atoms with van der Waals surface area (Å²) in [7, 11) is 0. The smallest absolute Gasteiger partial charge is 0.226 e. The molecular weight excluding hydrogens is 204 g/mol. The summed E-state index contributed by atoms with van der Waals surface area (Å²) in [5.41, 5.74) is 2.41. The van der Waals surface area contributed by atoms with Crippen LogP contribution in [0.15, 0.2) is 18.2 Å². The highest BCUT2D eigenvalue weighted by atomic mass is 16.1. The molecule has 0 saturated heterocycles. The maximum Gasteiger partial charge on any atom is 0.226 e. The van der Waals surface area contributed by atoms with E-state index < -0.39 is 0 Å². The Labute approximate surface area is 95.0 Å². The quantitative estimate of drug-likeness (QED) is 0.764. The first-order valence-corrected chi connectivity index (χ1v) is 5.16. The van der Waals surface area contributed by atoms with E-state index in [1.807, 2.05) is 26.8 Å². The highest BCUT2D eigenvalue weighted by molar-refractivity contribution is 5.93. The number of anilines is 2. The van der Waals surface area contributed by atoms with Crippen LogP contribution in [0, 0.1) is 12.8 Å². The summed E-state index contributed by atoms with van der Waals surface area (Å²) in [5, 5.41) is 5.38. The molecule has 0 atom stereocenters. The van der Waals surface area contributed by atoms with E-state index in [9.17, 15) is 9.59 Å². The Morgan fingerprint density at radius 3 is 2.56 bits per heavy atom. The highest BCUT2D eigenvalue weighted by Crippen LogP contribution is 2.19. The second kappa shape index (κ2) is 5.30. The summed E-state index contributed by atoms with van der Waals surface area (Å²) in [5.74, 6) is -0.0635. The lowest BCUT2D eigenvalue weighted by molar-refractivity contribution is -0.118. The molecule has 2 amide bonds. The first kappa shape index (κ1) is 12.2. The molecule has 0 aliphatic rings. The molecule has 0 fully saturated rings. The highest BCUT2D eigenvalue weighted by Gasteiger charge is 2.08. The third-order valence-electron chi connectivity index (χ3n) is 2.23. The van der Waals surface area contributed by atoms with Gasteiger partial charge in [-0.2, -0.15) is 0 Å². The van der Waals surface area contributed by atoms with Gasteiger partial charge in [0.25, 0.3) is 0 Å². The van der Waals surface area contributed by atoms with Crippen molar-refractivity contribution in [2.24, 2.45) is 5.92 Å². The predicted octanol–water partition coefficient (Wildman–Crippen LogP) is 2.16. The number of hydrogen-bond acceptors (Lipinski definition) is 2. The predicted molar refractivity (Wildman–Crippen MR) is 64.3 cm³/mol. The molecule has 0 unspecified atom stereocenters. The maximum absolute atomic E-state index is 11.5. The van der Waals surface area contributed by atoms with Gasteiger partial charge < -0.3 is 10.6 Å². The molecule has 4 heteroatoms. The van der Waals surface area contributed by atoms with Crippen molar-refractivity contribution < 1.29 is 9.59 Å². The van der Waals surface area contributed by atoms with Crippen LogP contribution in [0.3, 0.4) is 0 Å². The number of hydrogen-bond donors (Lipinski definition) is 2. The van der Waals surface area contributed by atoms with Gasteiger partial charge in [0, 0.05) is 17.3 Å². The van der Waals surface area contributed by atoms with Gasteiger partial charge in [0.15, 0.2) is 0 Å². The fraction of sp³-hybridized carbons (Fsp3) is 0.333. The summed E-state index contributed by atoms with van der Waals surface area (Å²) in [6.07, 6.45) is 0.626. The first-order chi connectivity index (χ1) is 7.54. The number of nitrogens with one attached hydrogen (secondary N) is 2. The molecule has 0 aliphatic heterocycles. The Morgan fingerprint density at radius 1 is 1.38 bits per heavy atom. The largest absolute Gasteiger partial charge is 0.329 e. The lowest BCUT2D eigenvalue weighted by Gasteiger charge is -2.11. The van der Waals surface area contributed by atoms with Crippen LogP contribution in [0.1, 0.15) is 19.4 Å². The molecule has 16 heavy (non-hydrogen) atoms. The van der Waals surface area contributed by atoms with E-state index in [0.29, 0.717) is 6.41 Å². The Kier molecular flexibility index (Phi) is 4.05. The Bertz CT molecular complexity index is 400. The average Bonchev–Trinajstić information content (AvgIpc) is 2.22. The minimum absolute atomic E-state index is 0.0146. The second-order valence-corrected chi connectivity index (χ2v) is 3.94. The Hall–Kier alpha value is -1.84. The Morgan fingerprint density at radius 2 is 2.06 bits per heavy atom. The van der Waals surface area contributed by atoms with Crippen LogP contribution < -0.4 is 10.6 Å². The first-order valence-electron chi connectivity index (χ1n) is 5.16. The topological polar surface area (TPSA) is 58.2 Å². The number of benzene rings is 1. The molecule has 1 rings (SSSR count). The van der Waals surface area contributed by atoms with E-state index in [1.54, 1.807) is 12.1 Å².